The molecule has 0 bridgehead atoms. The molecule has 0 atom stereocenters. The first-order valence-corrected chi connectivity index (χ1v) is 5.44. The molecule has 86 valence electrons. The molecular formula is C11H21N3O. The van der Waals surface area contributed by atoms with Crippen molar-refractivity contribution >= 4 is 0 Å². The van der Waals surface area contributed by atoms with Crippen LogP contribution in [0, 0.1) is 0 Å². The van der Waals surface area contributed by atoms with Gasteiger partial charge in [-0.3, -0.25) is 9.13 Å². The summed E-state index contributed by atoms with van der Waals surface area (Å²) in [5, 5.41) is 3.36. The molecular weight excluding hydrogens is 190 g/mol. The highest BCUT2D eigenvalue weighted by Gasteiger charge is 2.08. The van der Waals surface area contributed by atoms with Crippen LogP contribution in [0.3, 0.4) is 0 Å². The molecule has 0 aliphatic carbocycles. The first-order chi connectivity index (χ1) is 6.94. The number of aromatic nitrogens is 2. The molecule has 1 N–H and O–H groups in total. The number of hydrogen-bond donors (Lipinski definition) is 1. The average molecular weight is 211 g/mol. The van der Waals surface area contributed by atoms with Gasteiger partial charge in [0, 0.05) is 37.6 Å². The van der Waals surface area contributed by atoms with Crippen LogP contribution < -0.4 is 11.0 Å². The monoisotopic (exact) mass is 211 g/mol. The van der Waals surface area contributed by atoms with Gasteiger partial charge >= 0.3 is 5.69 Å². The van der Waals surface area contributed by atoms with Crippen molar-refractivity contribution in [1.82, 2.24) is 14.5 Å². The zero-order valence-electron chi connectivity index (χ0n) is 10.1. The zero-order chi connectivity index (χ0) is 11.5. The molecule has 0 spiro atoms. The van der Waals surface area contributed by atoms with Crippen molar-refractivity contribution in [3.05, 3.63) is 22.9 Å². The van der Waals surface area contributed by atoms with Crippen molar-refractivity contribution in [3.63, 3.8) is 0 Å². The van der Waals surface area contributed by atoms with Crippen LogP contribution in [0.4, 0.5) is 0 Å². The van der Waals surface area contributed by atoms with E-state index in [1.54, 1.807) is 9.13 Å². The summed E-state index contributed by atoms with van der Waals surface area (Å²) in [6.45, 7) is 10.6. The number of imidazole rings is 1. The Balaban J connectivity index is 2.52. The normalized spacial score (nSPS) is 12.0. The Morgan fingerprint density at radius 1 is 1.27 bits per heavy atom. The van der Waals surface area contributed by atoms with E-state index in [1.165, 1.54) is 0 Å². The molecule has 0 amide bonds. The van der Waals surface area contributed by atoms with Gasteiger partial charge in [-0.25, -0.2) is 4.79 Å². The Morgan fingerprint density at radius 3 is 2.33 bits per heavy atom. The first-order valence-electron chi connectivity index (χ1n) is 5.44. The molecule has 0 saturated carbocycles. The molecule has 0 saturated heterocycles. The smallest absolute Gasteiger partial charge is 0.310 e. The molecule has 1 heterocycles. The van der Waals surface area contributed by atoms with E-state index in [9.17, 15) is 4.79 Å². The topological polar surface area (TPSA) is 39.0 Å². The van der Waals surface area contributed by atoms with Crippen LogP contribution in [0.25, 0.3) is 0 Å². The lowest BCUT2D eigenvalue weighted by Gasteiger charge is -2.20. The molecule has 4 nitrogen and oxygen atoms in total. The zero-order valence-corrected chi connectivity index (χ0v) is 10.1. The largest absolute Gasteiger partial charge is 0.328 e. The minimum absolute atomic E-state index is 0.0770. The lowest BCUT2D eigenvalue weighted by atomic mass is 10.1. The van der Waals surface area contributed by atoms with E-state index in [1.807, 2.05) is 19.3 Å². The molecule has 0 radical (unpaired) electrons. The minimum atomic E-state index is 0.0770. The van der Waals surface area contributed by atoms with Gasteiger partial charge in [0.1, 0.15) is 0 Å². The number of aryl methyl sites for hydroxylation is 1. The van der Waals surface area contributed by atoms with Gasteiger partial charge in [-0.1, -0.05) is 0 Å². The van der Waals surface area contributed by atoms with E-state index in [0.717, 1.165) is 19.6 Å². The molecule has 1 aromatic rings. The molecule has 1 aromatic heterocycles. The second-order valence-electron chi connectivity index (χ2n) is 4.74. The average Bonchev–Trinajstić information content (AvgIpc) is 2.46. The summed E-state index contributed by atoms with van der Waals surface area (Å²) in [4.78, 5) is 11.7. The summed E-state index contributed by atoms with van der Waals surface area (Å²) < 4.78 is 3.44. The maximum absolute atomic E-state index is 11.7. The van der Waals surface area contributed by atoms with Gasteiger partial charge in [-0.05, 0) is 27.7 Å². The van der Waals surface area contributed by atoms with Crippen LogP contribution in [0.2, 0.25) is 0 Å². The van der Waals surface area contributed by atoms with Gasteiger partial charge in [0.15, 0.2) is 0 Å². The van der Waals surface area contributed by atoms with Gasteiger partial charge in [-0.2, -0.15) is 0 Å². The summed E-state index contributed by atoms with van der Waals surface area (Å²) in [6.07, 6.45) is 3.68. The van der Waals surface area contributed by atoms with Gasteiger partial charge in [0.2, 0.25) is 0 Å². The summed E-state index contributed by atoms with van der Waals surface area (Å²) in [6, 6.07) is 0. The van der Waals surface area contributed by atoms with E-state index >= 15 is 0 Å². The van der Waals surface area contributed by atoms with Gasteiger partial charge < -0.3 is 5.32 Å². The van der Waals surface area contributed by atoms with Crippen molar-refractivity contribution in [2.24, 2.45) is 0 Å². The minimum Gasteiger partial charge on any atom is -0.310 e. The molecule has 15 heavy (non-hydrogen) atoms. The molecule has 0 aliphatic heterocycles. The SMILES string of the molecule is CCn1ccn(CCNC(C)(C)C)c1=O. The summed E-state index contributed by atoms with van der Waals surface area (Å²) >= 11 is 0. The lowest BCUT2D eigenvalue weighted by Crippen LogP contribution is -2.39. The molecule has 0 unspecified atom stereocenters. The van der Waals surface area contributed by atoms with Crippen LogP contribution in [-0.2, 0) is 13.1 Å². The van der Waals surface area contributed by atoms with Crippen LogP contribution in [0.5, 0.6) is 0 Å². The summed E-state index contributed by atoms with van der Waals surface area (Å²) in [5.41, 5.74) is 0.185. The second kappa shape index (κ2) is 4.66. The Labute approximate surface area is 90.9 Å². The van der Waals surface area contributed by atoms with Gasteiger partial charge in [0.25, 0.3) is 0 Å². The highest BCUT2D eigenvalue weighted by Crippen LogP contribution is 1.97. The molecule has 0 aromatic carbocycles. The maximum Gasteiger partial charge on any atom is 0.328 e. The fourth-order valence-corrected chi connectivity index (χ4v) is 1.42. The van der Waals surface area contributed by atoms with E-state index < -0.39 is 0 Å². The molecule has 4 heteroatoms. The highest BCUT2D eigenvalue weighted by atomic mass is 16.1. The van der Waals surface area contributed by atoms with Crippen molar-refractivity contribution in [2.75, 3.05) is 6.54 Å². The third-order valence-electron chi connectivity index (χ3n) is 2.27. The fourth-order valence-electron chi connectivity index (χ4n) is 1.42. The van der Waals surface area contributed by atoms with Crippen LogP contribution in [-0.4, -0.2) is 21.2 Å². The third-order valence-corrected chi connectivity index (χ3v) is 2.27. The Bertz CT molecular complexity index is 357. The van der Waals surface area contributed by atoms with Crippen molar-refractivity contribution in [3.8, 4) is 0 Å². The number of nitrogens with zero attached hydrogens (tertiary/aromatic N) is 2. The Hall–Kier alpha value is -1.03. The van der Waals surface area contributed by atoms with Crippen molar-refractivity contribution in [1.29, 1.82) is 0 Å². The molecule has 0 fully saturated rings. The van der Waals surface area contributed by atoms with E-state index in [2.05, 4.69) is 26.1 Å². The van der Waals surface area contributed by atoms with Gasteiger partial charge in [-0.15, -0.1) is 0 Å². The predicted molar refractivity (Wildman–Crippen MR) is 62.1 cm³/mol. The predicted octanol–water partition coefficient (Wildman–Crippen LogP) is 1.06. The summed E-state index contributed by atoms with van der Waals surface area (Å²) in [7, 11) is 0. The fraction of sp³-hybridized carbons (Fsp3) is 0.727. The van der Waals surface area contributed by atoms with Crippen LogP contribution in [0.1, 0.15) is 27.7 Å². The standard InChI is InChI=1S/C11H21N3O/c1-5-13-8-9-14(10(13)15)7-6-12-11(2,3)4/h8-9,12H,5-7H2,1-4H3. The first kappa shape index (κ1) is 12.0. The van der Waals surface area contributed by atoms with E-state index in [0.29, 0.717) is 0 Å². The Morgan fingerprint density at radius 2 is 1.87 bits per heavy atom. The van der Waals surface area contributed by atoms with Crippen molar-refractivity contribution < 1.29 is 0 Å². The maximum atomic E-state index is 11.7. The van der Waals surface area contributed by atoms with E-state index in [-0.39, 0.29) is 11.2 Å². The highest BCUT2D eigenvalue weighted by molar-refractivity contribution is 4.81. The third kappa shape index (κ3) is 3.55. The second-order valence-corrected chi connectivity index (χ2v) is 4.74. The summed E-state index contributed by atoms with van der Waals surface area (Å²) in [5.74, 6) is 0. The number of nitrogens with one attached hydrogen (secondary N) is 1. The number of rotatable bonds is 4. The molecule has 0 aliphatic rings. The van der Waals surface area contributed by atoms with Crippen LogP contribution in [0.15, 0.2) is 17.2 Å². The quantitative estimate of drug-likeness (QED) is 0.808. The Kier molecular flexibility index (Phi) is 3.74. The lowest BCUT2D eigenvalue weighted by molar-refractivity contribution is 0.409. The van der Waals surface area contributed by atoms with Crippen LogP contribution >= 0.6 is 0 Å². The molecule has 1 rings (SSSR count). The number of hydrogen-bond acceptors (Lipinski definition) is 2. The van der Waals surface area contributed by atoms with Gasteiger partial charge in [0.05, 0.1) is 0 Å². The van der Waals surface area contributed by atoms with Crippen molar-refractivity contribution in [2.45, 2.75) is 46.3 Å². The van der Waals surface area contributed by atoms with E-state index in [4.69, 9.17) is 0 Å².